The minimum Gasteiger partial charge on any atom is -0.328 e. The van der Waals surface area contributed by atoms with Crippen LogP contribution < -0.4 is 5.32 Å². The molecule has 1 aromatic carbocycles. The van der Waals surface area contributed by atoms with Crippen molar-refractivity contribution in [3.63, 3.8) is 0 Å². The minimum absolute atomic E-state index is 0.101. The van der Waals surface area contributed by atoms with Crippen LogP contribution in [0.4, 0.5) is 27.9 Å². The van der Waals surface area contributed by atoms with Gasteiger partial charge in [0.15, 0.2) is 0 Å². The Morgan fingerprint density at radius 2 is 1.87 bits per heavy atom. The molecule has 1 atom stereocenters. The Bertz CT molecular complexity index is 1040. The van der Waals surface area contributed by atoms with Gasteiger partial charge in [-0.05, 0) is 23.8 Å². The van der Waals surface area contributed by atoms with Gasteiger partial charge in [-0.2, -0.15) is 13.2 Å². The molecule has 2 amide bonds. The van der Waals surface area contributed by atoms with Gasteiger partial charge in [-0.15, -0.1) is 0 Å². The summed E-state index contributed by atoms with van der Waals surface area (Å²) in [7, 11) is 0. The highest BCUT2D eigenvalue weighted by atomic mass is 35.5. The van der Waals surface area contributed by atoms with Crippen molar-refractivity contribution in [2.75, 3.05) is 18.4 Å². The molecule has 6 nitrogen and oxygen atoms in total. The van der Waals surface area contributed by atoms with Crippen LogP contribution in [0.2, 0.25) is 5.02 Å². The second-order valence-electron chi connectivity index (χ2n) is 7.16. The lowest BCUT2D eigenvalue weighted by Crippen LogP contribution is -2.48. The first-order valence-corrected chi connectivity index (χ1v) is 8.97. The van der Waals surface area contributed by atoms with E-state index in [1.165, 1.54) is 12.4 Å². The topological polar surface area (TPSA) is 75.2 Å². The summed E-state index contributed by atoms with van der Waals surface area (Å²) >= 11 is 5.64. The number of fused-ring (bicyclic) bond motifs is 2. The number of aromatic nitrogens is 2. The van der Waals surface area contributed by atoms with E-state index in [1.54, 1.807) is 0 Å². The summed E-state index contributed by atoms with van der Waals surface area (Å²) in [6.45, 7) is -1.18. The van der Waals surface area contributed by atoms with Crippen molar-refractivity contribution in [1.82, 2.24) is 14.9 Å². The number of anilines is 1. The molecular formula is C18H12ClF5N4O2. The van der Waals surface area contributed by atoms with Gasteiger partial charge in [-0.3, -0.25) is 14.9 Å². The van der Waals surface area contributed by atoms with Crippen molar-refractivity contribution in [2.45, 2.75) is 23.9 Å². The zero-order valence-electron chi connectivity index (χ0n) is 14.9. The smallest absolute Gasteiger partial charge is 0.328 e. The van der Waals surface area contributed by atoms with E-state index in [1.807, 2.05) is 0 Å². The fourth-order valence-corrected chi connectivity index (χ4v) is 3.69. The molecule has 1 aromatic heterocycles. The lowest BCUT2D eigenvalue weighted by atomic mass is 9.84. The van der Waals surface area contributed by atoms with Gasteiger partial charge in [0.25, 0.3) is 11.8 Å². The van der Waals surface area contributed by atoms with Crippen LogP contribution in [0.3, 0.4) is 0 Å². The molecule has 0 radical (unpaired) electrons. The van der Waals surface area contributed by atoms with Crippen LogP contribution in [0.5, 0.6) is 0 Å². The van der Waals surface area contributed by atoms with E-state index in [4.69, 9.17) is 11.6 Å². The third-order valence-corrected chi connectivity index (χ3v) is 5.34. The van der Waals surface area contributed by atoms with E-state index in [-0.39, 0.29) is 22.1 Å². The van der Waals surface area contributed by atoms with Crippen molar-refractivity contribution < 1.29 is 31.5 Å². The molecule has 2 heterocycles. The van der Waals surface area contributed by atoms with Crippen LogP contribution in [0.25, 0.3) is 0 Å². The number of hydrogen-bond donors (Lipinski definition) is 1. The van der Waals surface area contributed by atoms with E-state index >= 15 is 0 Å². The second kappa shape index (κ2) is 6.59. The number of nitrogens with one attached hydrogen (secondary N) is 1. The predicted molar refractivity (Wildman–Crippen MR) is 94.3 cm³/mol. The van der Waals surface area contributed by atoms with Crippen LogP contribution in [0, 0.1) is 0 Å². The fraction of sp³-hybridized carbons (Fsp3) is 0.333. The molecule has 4 rings (SSSR count). The molecule has 0 bridgehead atoms. The van der Waals surface area contributed by atoms with E-state index < -0.39 is 54.4 Å². The molecule has 1 aliphatic heterocycles. The van der Waals surface area contributed by atoms with Gasteiger partial charge in [0.05, 0.1) is 28.4 Å². The Balaban J connectivity index is 1.61. The monoisotopic (exact) mass is 446 g/mol. The van der Waals surface area contributed by atoms with Crippen molar-refractivity contribution in [2.24, 2.45) is 0 Å². The first-order valence-electron chi connectivity index (χ1n) is 8.59. The number of benzene rings is 1. The summed E-state index contributed by atoms with van der Waals surface area (Å²) in [5.74, 6) is -4.95. The standard InChI is InChI=1S/C18H12ClF5N4O2/c19-10-4-25-15(26-5-10)27-13(29)6-28-8-16(7-17(16,20)21)12-3-9(18(22,23)24)1-2-11(12)14(28)30/h1-5H,6-8H2,(H,25,26,27,29)/t16-/m1/s1. The van der Waals surface area contributed by atoms with Gasteiger partial charge in [0, 0.05) is 18.5 Å². The van der Waals surface area contributed by atoms with Crippen LogP contribution in [0.1, 0.15) is 27.9 Å². The normalized spacial score (nSPS) is 22.1. The molecule has 2 aromatic rings. The Morgan fingerprint density at radius 3 is 2.43 bits per heavy atom. The molecule has 158 valence electrons. The quantitative estimate of drug-likeness (QED) is 0.732. The van der Waals surface area contributed by atoms with Crippen molar-refractivity contribution in [3.8, 4) is 0 Å². The van der Waals surface area contributed by atoms with Crippen molar-refractivity contribution in [3.05, 3.63) is 52.3 Å². The number of carbonyl (C=O) groups is 2. The Kier molecular flexibility index (Phi) is 4.49. The first kappa shape index (κ1) is 20.5. The highest BCUT2D eigenvalue weighted by Crippen LogP contribution is 2.64. The number of hydrogen-bond acceptors (Lipinski definition) is 4. The first-order chi connectivity index (χ1) is 13.9. The lowest BCUT2D eigenvalue weighted by molar-refractivity contribution is -0.137. The van der Waals surface area contributed by atoms with Gasteiger partial charge in [-0.1, -0.05) is 11.6 Å². The summed E-state index contributed by atoms with van der Waals surface area (Å²) in [6, 6.07) is 2.15. The van der Waals surface area contributed by atoms with Crippen LogP contribution in [-0.2, 0) is 16.4 Å². The highest BCUT2D eigenvalue weighted by Gasteiger charge is 2.74. The molecule has 12 heteroatoms. The molecule has 1 fully saturated rings. The van der Waals surface area contributed by atoms with Crippen LogP contribution in [0.15, 0.2) is 30.6 Å². The van der Waals surface area contributed by atoms with Gasteiger partial charge in [-0.25, -0.2) is 18.7 Å². The van der Waals surface area contributed by atoms with Gasteiger partial charge < -0.3 is 4.90 Å². The number of amides is 2. The molecule has 0 saturated heterocycles. The Morgan fingerprint density at radius 1 is 1.23 bits per heavy atom. The van der Waals surface area contributed by atoms with E-state index in [9.17, 15) is 31.5 Å². The van der Waals surface area contributed by atoms with Gasteiger partial charge in [0.2, 0.25) is 11.9 Å². The molecule has 30 heavy (non-hydrogen) atoms. The number of alkyl halides is 5. The summed E-state index contributed by atoms with van der Waals surface area (Å²) in [4.78, 5) is 33.4. The fourth-order valence-electron chi connectivity index (χ4n) is 3.60. The van der Waals surface area contributed by atoms with Crippen molar-refractivity contribution in [1.29, 1.82) is 0 Å². The number of rotatable bonds is 3. The molecule has 1 saturated carbocycles. The third kappa shape index (κ3) is 3.36. The molecular weight excluding hydrogens is 435 g/mol. The maximum Gasteiger partial charge on any atom is 0.416 e. The lowest BCUT2D eigenvalue weighted by Gasteiger charge is -2.34. The number of halogens is 6. The van der Waals surface area contributed by atoms with E-state index in [0.717, 1.165) is 11.0 Å². The summed E-state index contributed by atoms with van der Waals surface area (Å²) in [6.07, 6.45) is -2.99. The average Bonchev–Trinajstić information content (AvgIpc) is 3.21. The molecule has 2 aliphatic rings. The van der Waals surface area contributed by atoms with E-state index in [0.29, 0.717) is 12.1 Å². The molecule has 1 spiro atoms. The molecule has 1 aliphatic carbocycles. The highest BCUT2D eigenvalue weighted by molar-refractivity contribution is 6.30. The predicted octanol–water partition coefficient (Wildman–Crippen LogP) is 3.52. The average molecular weight is 447 g/mol. The maximum atomic E-state index is 14.2. The van der Waals surface area contributed by atoms with Crippen LogP contribution in [-0.4, -0.2) is 45.7 Å². The van der Waals surface area contributed by atoms with Crippen LogP contribution >= 0.6 is 11.6 Å². The molecule has 0 unspecified atom stereocenters. The van der Waals surface area contributed by atoms with E-state index in [2.05, 4.69) is 15.3 Å². The second-order valence-corrected chi connectivity index (χ2v) is 7.59. The largest absolute Gasteiger partial charge is 0.416 e. The molecule has 1 N–H and O–H groups in total. The zero-order valence-corrected chi connectivity index (χ0v) is 15.7. The summed E-state index contributed by atoms with van der Waals surface area (Å²) in [5.41, 5.74) is -3.68. The Labute approximate surface area is 171 Å². The maximum absolute atomic E-state index is 14.2. The van der Waals surface area contributed by atoms with Gasteiger partial charge in [0.1, 0.15) is 6.54 Å². The Hall–Kier alpha value is -2.82. The SMILES string of the molecule is O=C(CN1C[C@]2(CC2(F)F)c2cc(C(F)(F)F)ccc2C1=O)Nc1ncc(Cl)cn1. The summed E-state index contributed by atoms with van der Waals surface area (Å²) in [5, 5.41) is 2.54. The number of nitrogens with zero attached hydrogens (tertiary/aromatic N) is 3. The number of carbonyl (C=O) groups excluding carboxylic acids is 2. The third-order valence-electron chi connectivity index (χ3n) is 5.15. The van der Waals surface area contributed by atoms with Gasteiger partial charge >= 0.3 is 6.18 Å². The minimum atomic E-state index is -4.74. The zero-order chi connectivity index (χ0) is 21.9. The van der Waals surface area contributed by atoms with Crippen molar-refractivity contribution >= 4 is 29.4 Å². The summed E-state index contributed by atoms with van der Waals surface area (Å²) < 4.78 is 67.6.